The number of non-ortho nitro benzene ring substituents is 1. The van der Waals surface area contributed by atoms with Crippen molar-refractivity contribution in [2.75, 3.05) is 31.1 Å². The lowest BCUT2D eigenvalue weighted by molar-refractivity contribution is -0.385. The predicted octanol–water partition coefficient (Wildman–Crippen LogP) is 3.33. The second kappa shape index (κ2) is 7.98. The smallest absolute Gasteiger partial charge is 0.410 e. The first-order valence-corrected chi connectivity index (χ1v) is 8.29. The molecule has 142 valence electrons. The van der Waals surface area contributed by atoms with Crippen LogP contribution in [0.25, 0.3) is 0 Å². The van der Waals surface area contributed by atoms with Crippen molar-refractivity contribution in [2.24, 2.45) is 0 Å². The number of nitrogens with zero attached hydrogens (tertiary/aromatic N) is 3. The zero-order valence-electron chi connectivity index (χ0n) is 14.3. The summed E-state index contributed by atoms with van der Waals surface area (Å²) in [4.78, 5) is 24.8. The number of carbonyl (C=O) groups is 1. The second-order valence-electron chi connectivity index (χ2n) is 6.03. The first-order chi connectivity index (χ1) is 13.0. The van der Waals surface area contributed by atoms with Gasteiger partial charge in [0, 0.05) is 26.2 Å². The van der Waals surface area contributed by atoms with Crippen LogP contribution in [0, 0.1) is 21.7 Å². The highest BCUT2D eigenvalue weighted by atomic mass is 19.1. The number of benzene rings is 2. The first kappa shape index (κ1) is 18.6. The third-order valence-electron chi connectivity index (χ3n) is 4.27. The average Bonchev–Trinajstić information content (AvgIpc) is 2.67. The summed E-state index contributed by atoms with van der Waals surface area (Å²) in [5.74, 6) is -2.00. The molecule has 0 bridgehead atoms. The minimum atomic E-state index is -0.998. The molecule has 27 heavy (non-hydrogen) atoms. The molecular weight excluding hydrogens is 360 g/mol. The van der Waals surface area contributed by atoms with Crippen molar-refractivity contribution in [1.29, 1.82) is 0 Å². The van der Waals surface area contributed by atoms with E-state index in [2.05, 4.69) is 0 Å². The number of hydrogen-bond donors (Lipinski definition) is 0. The van der Waals surface area contributed by atoms with Crippen LogP contribution in [0.1, 0.15) is 5.56 Å². The Hall–Kier alpha value is -3.23. The number of piperazine rings is 1. The monoisotopic (exact) mass is 377 g/mol. The van der Waals surface area contributed by atoms with Crippen molar-refractivity contribution in [3.8, 4) is 0 Å². The van der Waals surface area contributed by atoms with Gasteiger partial charge >= 0.3 is 6.09 Å². The fourth-order valence-corrected chi connectivity index (χ4v) is 2.88. The Bertz CT molecular complexity index is 817. The van der Waals surface area contributed by atoms with Gasteiger partial charge < -0.3 is 14.5 Å². The maximum absolute atomic E-state index is 14.1. The fourth-order valence-electron chi connectivity index (χ4n) is 2.88. The molecule has 1 fully saturated rings. The molecule has 0 radical (unpaired) electrons. The predicted molar refractivity (Wildman–Crippen MR) is 93.4 cm³/mol. The van der Waals surface area contributed by atoms with Gasteiger partial charge in [0.1, 0.15) is 12.3 Å². The second-order valence-corrected chi connectivity index (χ2v) is 6.03. The molecule has 0 saturated carbocycles. The van der Waals surface area contributed by atoms with Crippen molar-refractivity contribution in [1.82, 2.24) is 4.90 Å². The molecule has 0 atom stereocenters. The number of hydrogen-bond acceptors (Lipinski definition) is 5. The van der Waals surface area contributed by atoms with Gasteiger partial charge in [0.25, 0.3) is 5.69 Å². The van der Waals surface area contributed by atoms with E-state index in [1.807, 2.05) is 30.3 Å². The molecule has 0 unspecified atom stereocenters. The van der Waals surface area contributed by atoms with E-state index in [4.69, 9.17) is 4.74 Å². The Labute approximate surface area is 153 Å². The summed E-state index contributed by atoms with van der Waals surface area (Å²) < 4.78 is 33.5. The third-order valence-corrected chi connectivity index (χ3v) is 4.27. The number of amides is 1. The van der Waals surface area contributed by atoms with Gasteiger partial charge in [-0.15, -0.1) is 0 Å². The van der Waals surface area contributed by atoms with E-state index in [9.17, 15) is 23.7 Å². The molecule has 1 amide bonds. The Morgan fingerprint density at radius 2 is 1.67 bits per heavy atom. The Morgan fingerprint density at radius 1 is 1.07 bits per heavy atom. The van der Waals surface area contributed by atoms with E-state index >= 15 is 0 Å². The van der Waals surface area contributed by atoms with Gasteiger partial charge in [-0.05, 0) is 5.56 Å². The molecule has 0 N–H and O–H groups in total. The zero-order valence-corrected chi connectivity index (χ0v) is 14.3. The molecule has 0 aromatic heterocycles. The van der Waals surface area contributed by atoms with Crippen LogP contribution in [0.15, 0.2) is 42.5 Å². The van der Waals surface area contributed by atoms with Gasteiger partial charge in [-0.2, -0.15) is 0 Å². The van der Waals surface area contributed by atoms with Gasteiger partial charge in [0.2, 0.25) is 0 Å². The summed E-state index contributed by atoms with van der Waals surface area (Å²) in [5.41, 5.74) is -0.103. The Kier molecular flexibility index (Phi) is 5.49. The lowest BCUT2D eigenvalue weighted by atomic mass is 10.2. The number of nitro groups is 1. The van der Waals surface area contributed by atoms with Gasteiger partial charge in [0.15, 0.2) is 11.6 Å². The van der Waals surface area contributed by atoms with Crippen molar-refractivity contribution in [3.63, 3.8) is 0 Å². The highest BCUT2D eigenvalue weighted by Gasteiger charge is 2.27. The number of rotatable bonds is 4. The fraction of sp³-hybridized carbons (Fsp3) is 0.278. The first-order valence-electron chi connectivity index (χ1n) is 8.29. The lowest BCUT2D eigenvalue weighted by Gasteiger charge is -2.35. The van der Waals surface area contributed by atoms with E-state index < -0.39 is 28.3 Å². The summed E-state index contributed by atoms with van der Waals surface area (Å²) in [6.45, 7) is 0.969. The molecule has 1 heterocycles. The van der Waals surface area contributed by atoms with E-state index in [1.165, 1.54) is 9.80 Å². The van der Waals surface area contributed by atoms with Crippen LogP contribution >= 0.6 is 0 Å². The molecule has 1 saturated heterocycles. The molecule has 1 aliphatic heterocycles. The van der Waals surface area contributed by atoms with E-state index in [1.54, 1.807) is 0 Å². The summed E-state index contributed by atoms with van der Waals surface area (Å²) in [6, 6.07) is 10.6. The summed E-state index contributed by atoms with van der Waals surface area (Å²) in [6.07, 6.45) is -0.497. The SMILES string of the molecule is O=C(OCc1ccccc1)N1CCN(c2c(F)cc([N+](=O)[O-])cc2F)CC1. The van der Waals surface area contributed by atoms with Crippen LogP contribution in [0.4, 0.5) is 25.0 Å². The third kappa shape index (κ3) is 4.30. The van der Waals surface area contributed by atoms with Gasteiger partial charge in [-0.3, -0.25) is 10.1 Å². The lowest BCUT2D eigenvalue weighted by Crippen LogP contribution is -2.49. The van der Waals surface area contributed by atoms with Gasteiger partial charge in [0.05, 0.1) is 17.1 Å². The van der Waals surface area contributed by atoms with Crippen LogP contribution in [0.3, 0.4) is 0 Å². The highest BCUT2D eigenvalue weighted by Crippen LogP contribution is 2.29. The number of ether oxygens (including phenoxy) is 1. The number of anilines is 1. The molecule has 2 aromatic carbocycles. The topological polar surface area (TPSA) is 75.9 Å². The largest absolute Gasteiger partial charge is 0.445 e. The minimum absolute atomic E-state index is 0.144. The summed E-state index contributed by atoms with van der Waals surface area (Å²) in [5, 5.41) is 10.7. The maximum Gasteiger partial charge on any atom is 0.410 e. The number of nitro benzene ring substituents is 1. The quantitative estimate of drug-likeness (QED) is 0.603. The van der Waals surface area contributed by atoms with Crippen molar-refractivity contribution < 1.29 is 23.2 Å². The van der Waals surface area contributed by atoms with Crippen molar-refractivity contribution in [2.45, 2.75) is 6.61 Å². The number of halogens is 2. The molecular formula is C18H17F2N3O4. The van der Waals surface area contributed by atoms with Gasteiger partial charge in [-0.25, -0.2) is 13.6 Å². The van der Waals surface area contributed by atoms with Gasteiger partial charge in [-0.1, -0.05) is 30.3 Å². The average molecular weight is 377 g/mol. The minimum Gasteiger partial charge on any atom is -0.445 e. The van der Waals surface area contributed by atoms with Crippen LogP contribution in [0.5, 0.6) is 0 Å². The van der Waals surface area contributed by atoms with Crippen LogP contribution in [-0.2, 0) is 11.3 Å². The molecule has 1 aliphatic rings. The van der Waals surface area contributed by atoms with E-state index in [0.717, 1.165) is 5.56 Å². The van der Waals surface area contributed by atoms with Crippen molar-refractivity contribution in [3.05, 3.63) is 69.8 Å². The molecule has 2 aromatic rings. The van der Waals surface area contributed by atoms with Crippen molar-refractivity contribution >= 4 is 17.5 Å². The number of carbonyl (C=O) groups excluding carboxylic acids is 1. The van der Waals surface area contributed by atoms with E-state index in [0.29, 0.717) is 12.1 Å². The molecule has 7 nitrogen and oxygen atoms in total. The summed E-state index contributed by atoms with van der Waals surface area (Å²) >= 11 is 0. The molecule has 3 rings (SSSR count). The highest BCUT2D eigenvalue weighted by molar-refractivity contribution is 5.68. The van der Waals surface area contributed by atoms with Crippen LogP contribution in [-0.4, -0.2) is 42.1 Å². The normalized spacial score (nSPS) is 14.1. The van der Waals surface area contributed by atoms with Crippen LogP contribution < -0.4 is 4.90 Å². The van der Waals surface area contributed by atoms with Crippen LogP contribution in [0.2, 0.25) is 0 Å². The Morgan fingerprint density at radius 3 is 2.22 bits per heavy atom. The summed E-state index contributed by atoms with van der Waals surface area (Å²) in [7, 11) is 0. The molecule has 0 spiro atoms. The molecule has 9 heteroatoms. The zero-order chi connectivity index (χ0) is 19.4. The standard InChI is InChI=1S/C18H17F2N3O4/c19-15-10-14(23(25)26)11-16(20)17(15)21-6-8-22(9-7-21)18(24)27-12-13-4-2-1-3-5-13/h1-5,10-11H,6-9,12H2. The Balaban J connectivity index is 1.59. The van der Waals surface area contributed by atoms with E-state index in [-0.39, 0.29) is 38.5 Å². The molecule has 0 aliphatic carbocycles. The maximum atomic E-state index is 14.1.